The zero-order valence-corrected chi connectivity index (χ0v) is 34.8. The molecule has 0 aliphatic heterocycles. The average Bonchev–Trinajstić information content (AvgIpc) is 3.02. The van der Waals surface area contributed by atoms with Crippen LogP contribution in [0.25, 0.3) is 0 Å². The van der Waals surface area contributed by atoms with Gasteiger partial charge in [0.1, 0.15) is 12.2 Å². The summed E-state index contributed by atoms with van der Waals surface area (Å²) < 4.78 is 96.7. The fraction of sp³-hybridized carbons (Fsp3) is 1.00. The minimum Gasteiger partial charge on any atom is -0.379 e. The predicted octanol–water partition coefficient (Wildman–Crippen LogP) is 3.66. The van der Waals surface area contributed by atoms with Gasteiger partial charge in [-0.25, -0.2) is 0 Å². The van der Waals surface area contributed by atoms with Crippen molar-refractivity contribution in [3.63, 3.8) is 0 Å². The van der Waals surface area contributed by atoms with E-state index in [4.69, 9.17) is 37.5 Å². The standard InChI is InChI=1S/C34H70O12S2.Na/c1-3-5-7-9-11-13-15-17-21-41-29-33(45-23-19-27-47(35,36)37)31-43-25-26-44-32-34(46-24-20-28-48(38,39)40)30-42-22-18-16-14-12-10-8-6-4-2;/h33-34H,3-32H2,1-2H3,(H,35,36,37)(H,38,39,40);/q;+1. The monoisotopic (exact) mass is 757 g/mol. The van der Waals surface area contributed by atoms with Crippen molar-refractivity contribution in [3.8, 4) is 0 Å². The van der Waals surface area contributed by atoms with E-state index in [2.05, 4.69) is 13.8 Å². The van der Waals surface area contributed by atoms with Crippen molar-refractivity contribution in [1.82, 2.24) is 0 Å². The topological polar surface area (TPSA) is 164 Å². The average molecular weight is 758 g/mol. The van der Waals surface area contributed by atoms with Gasteiger partial charge in [-0.05, 0) is 25.7 Å². The number of unbranched alkanes of at least 4 members (excludes halogenated alkanes) is 14. The van der Waals surface area contributed by atoms with Gasteiger partial charge in [0, 0.05) is 26.4 Å². The van der Waals surface area contributed by atoms with E-state index >= 15 is 0 Å². The maximum atomic E-state index is 11.0. The summed E-state index contributed by atoms with van der Waals surface area (Å²) in [5.74, 6) is -0.731. The summed E-state index contributed by atoms with van der Waals surface area (Å²) in [6.45, 7) is 7.68. The second-order valence-electron chi connectivity index (χ2n) is 12.5. The molecule has 0 aromatic heterocycles. The van der Waals surface area contributed by atoms with Crippen LogP contribution in [0.15, 0.2) is 0 Å². The van der Waals surface area contributed by atoms with E-state index in [-0.39, 0.29) is 106 Å². The van der Waals surface area contributed by atoms with E-state index in [1.807, 2.05) is 0 Å². The molecule has 2 unspecified atom stereocenters. The SMILES string of the molecule is CCCCCCCCCCOCC(COCCOCC(COCCCCCCCCCC)OCCCS(=O)(=O)O)OCCCS(=O)(=O)O.[Na+]. The molecule has 0 aliphatic carbocycles. The van der Waals surface area contributed by atoms with Gasteiger partial charge < -0.3 is 28.4 Å². The van der Waals surface area contributed by atoms with Crippen LogP contribution in [0.3, 0.4) is 0 Å². The number of hydrogen-bond acceptors (Lipinski definition) is 10. The molecule has 0 aliphatic rings. The maximum Gasteiger partial charge on any atom is 1.00 e. The molecule has 2 atom stereocenters. The van der Waals surface area contributed by atoms with Crippen molar-refractivity contribution in [2.75, 3.05) is 77.6 Å². The van der Waals surface area contributed by atoms with Gasteiger partial charge in [0.15, 0.2) is 0 Å². The van der Waals surface area contributed by atoms with E-state index < -0.39 is 20.2 Å². The molecular weight excluding hydrogens is 687 g/mol. The summed E-state index contributed by atoms with van der Waals surface area (Å²) in [5.41, 5.74) is 0. The Balaban J connectivity index is 0. The Morgan fingerprint density at radius 3 is 1.00 bits per heavy atom. The van der Waals surface area contributed by atoms with E-state index in [0.717, 1.165) is 25.7 Å². The fourth-order valence-electron chi connectivity index (χ4n) is 4.92. The molecule has 0 amide bonds. The molecule has 0 bridgehead atoms. The van der Waals surface area contributed by atoms with Crippen LogP contribution in [0, 0.1) is 0 Å². The molecule has 0 aromatic carbocycles. The summed E-state index contributed by atoms with van der Waals surface area (Å²) in [7, 11) is -8.08. The van der Waals surface area contributed by atoms with Crippen LogP contribution < -0.4 is 29.6 Å². The van der Waals surface area contributed by atoms with Crippen molar-refractivity contribution < 1.29 is 83.9 Å². The summed E-state index contributed by atoms with van der Waals surface area (Å²) in [4.78, 5) is 0. The predicted molar refractivity (Wildman–Crippen MR) is 190 cm³/mol. The van der Waals surface area contributed by atoms with Gasteiger partial charge in [0.05, 0.1) is 51.1 Å². The summed E-state index contributed by atoms with van der Waals surface area (Å²) in [6.07, 6.45) is 18.9. The van der Waals surface area contributed by atoms with Gasteiger partial charge in [-0.3, -0.25) is 9.11 Å². The first-order chi connectivity index (χ1) is 23.1. The summed E-state index contributed by atoms with van der Waals surface area (Å²) in [6, 6.07) is 0. The van der Waals surface area contributed by atoms with Crippen LogP contribution in [0.5, 0.6) is 0 Å². The van der Waals surface area contributed by atoms with Gasteiger partial charge in [-0.15, -0.1) is 0 Å². The molecule has 0 fully saturated rings. The molecular formula is C34H70NaO12S2+. The third-order valence-electron chi connectivity index (χ3n) is 7.67. The van der Waals surface area contributed by atoms with Crippen LogP contribution >= 0.6 is 0 Å². The molecule has 15 heteroatoms. The van der Waals surface area contributed by atoms with E-state index in [0.29, 0.717) is 26.4 Å². The largest absolute Gasteiger partial charge is 1.00 e. The number of rotatable bonds is 39. The quantitative estimate of drug-likeness (QED) is 0.0532. The molecule has 0 radical (unpaired) electrons. The van der Waals surface area contributed by atoms with Crippen LogP contribution in [-0.4, -0.2) is 116 Å². The zero-order valence-electron chi connectivity index (χ0n) is 31.2. The normalized spacial score (nSPS) is 13.4. The minimum absolute atomic E-state index is 0. The molecule has 0 rings (SSSR count). The molecule has 49 heavy (non-hydrogen) atoms. The molecule has 0 spiro atoms. The third-order valence-corrected chi connectivity index (χ3v) is 9.28. The third kappa shape index (κ3) is 42.9. The Morgan fingerprint density at radius 2 is 0.694 bits per heavy atom. The van der Waals surface area contributed by atoms with Crippen LogP contribution in [-0.2, 0) is 48.7 Å². The Bertz CT molecular complexity index is 822. The number of ether oxygens (including phenoxy) is 6. The van der Waals surface area contributed by atoms with Gasteiger partial charge in [0.2, 0.25) is 0 Å². The first-order valence-electron chi connectivity index (χ1n) is 18.5. The second kappa shape index (κ2) is 36.9. The van der Waals surface area contributed by atoms with Crippen molar-refractivity contribution in [2.24, 2.45) is 0 Å². The first-order valence-corrected chi connectivity index (χ1v) is 21.7. The van der Waals surface area contributed by atoms with Crippen LogP contribution in [0.1, 0.15) is 129 Å². The van der Waals surface area contributed by atoms with E-state index in [1.165, 1.54) is 77.0 Å². The fourth-order valence-corrected chi connectivity index (χ4v) is 5.89. The van der Waals surface area contributed by atoms with Crippen LogP contribution in [0.4, 0.5) is 0 Å². The Hall–Kier alpha value is 0.580. The molecule has 0 saturated heterocycles. The van der Waals surface area contributed by atoms with Gasteiger partial charge in [0.25, 0.3) is 20.2 Å². The van der Waals surface area contributed by atoms with Gasteiger partial charge >= 0.3 is 29.6 Å². The first kappa shape index (κ1) is 51.7. The van der Waals surface area contributed by atoms with E-state index in [9.17, 15) is 16.8 Å². The Labute approximate surface area is 321 Å². The van der Waals surface area contributed by atoms with Crippen molar-refractivity contribution in [1.29, 1.82) is 0 Å². The minimum atomic E-state index is -4.04. The van der Waals surface area contributed by atoms with Crippen molar-refractivity contribution >= 4 is 20.2 Å². The molecule has 0 heterocycles. The van der Waals surface area contributed by atoms with E-state index in [1.54, 1.807) is 0 Å². The smallest absolute Gasteiger partial charge is 0.379 e. The molecule has 12 nitrogen and oxygen atoms in total. The summed E-state index contributed by atoms with van der Waals surface area (Å²) >= 11 is 0. The Kier molecular flexibility index (Phi) is 38.9. The molecule has 0 aromatic rings. The maximum absolute atomic E-state index is 11.0. The van der Waals surface area contributed by atoms with Gasteiger partial charge in [-0.2, -0.15) is 16.8 Å². The Morgan fingerprint density at radius 1 is 0.408 bits per heavy atom. The molecule has 2 N–H and O–H groups in total. The van der Waals surface area contributed by atoms with Crippen LogP contribution in [0.2, 0.25) is 0 Å². The zero-order chi connectivity index (χ0) is 35.6. The molecule has 0 saturated carbocycles. The van der Waals surface area contributed by atoms with Crippen molar-refractivity contribution in [3.05, 3.63) is 0 Å². The van der Waals surface area contributed by atoms with Crippen molar-refractivity contribution in [2.45, 2.75) is 142 Å². The second-order valence-corrected chi connectivity index (χ2v) is 15.7. The molecule has 290 valence electrons. The van der Waals surface area contributed by atoms with Gasteiger partial charge in [-0.1, -0.05) is 104 Å². The number of hydrogen-bond donors (Lipinski definition) is 2. The summed E-state index contributed by atoms with van der Waals surface area (Å²) in [5, 5.41) is 0.